The molecule has 16 rings (SSSR count). The summed E-state index contributed by atoms with van der Waals surface area (Å²) in [6.45, 7) is 42.7. The van der Waals surface area contributed by atoms with Crippen LogP contribution in [-0.2, 0) is 6.42 Å². The zero-order valence-electron chi connectivity index (χ0n) is 75.6. The number of benzene rings is 12. The van der Waals surface area contributed by atoms with E-state index < -0.39 is 0 Å². The summed E-state index contributed by atoms with van der Waals surface area (Å²) < 4.78 is 2.73. The van der Waals surface area contributed by atoms with Crippen LogP contribution in [0.5, 0.6) is 0 Å². The Morgan fingerprint density at radius 1 is 0.208 bits per heavy atom. The average molecular weight is 1660 g/mol. The SMILES string of the molecule is Cc1ccc(C#CC2=C(c3ccc(C)cc3)/C(C#Cc3ccc(C)cc3)=C(c3ccc(C)cc3)\C(C#Cc3ccc(Cc4c(C)cc(C)c(B(c5ccc(-c6ccc(-c7ccc(B(c8c(C)cc(C)cc8C)c8c(C)cc(C)cc8C)s7)s6)s5)c5c(C)cc(C)cc5C)c4C)cc3)=C(\c3ccc(C)cc3)C(C#Cc3ccc(C)cc3)=C2c2ccc(C)cc2)cc1. The lowest BCUT2D eigenvalue weighted by molar-refractivity contribution is 1.12. The topological polar surface area (TPSA) is 0 Å². The minimum atomic E-state index is 0.00357. The fourth-order valence-corrected chi connectivity index (χ4v) is 22.0. The van der Waals surface area contributed by atoms with Crippen molar-refractivity contribution in [3.05, 3.63) is 457 Å². The Kier molecular flexibility index (Phi) is 25.2. The van der Waals surface area contributed by atoms with E-state index in [-0.39, 0.29) is 13.4 Å². The fraction of sp³-hybridized carbons (Fsp3) is 0.167. The first-order valence-corrected chi connectivity index (χ1v) is 46.0. The second kappa shape index (κ2) is 36.9. The zero-order valence-corrected chi connectivity index (χ0v) is 78.0. The molecular weight excluding hydrogens is 1560 g/mol. The van der Waals surface area contributed by atoms with Gasteiger partial charge in [-0.3, -0.25) is 0 Å². The summed E-state index contributed by atoms with van der Waals surface area (Å²) in [6.07, 6.45) is 0.745. The average Bonchev–Trinajstić information content (AvgIpc) is 0.912. The summed E-state index contributed by atoms with van der Waals surface area (Å²) in [5.41, 5.74) is 46.2. The Bertz CT molecular complexity index is 6940. The summed E-state index contributed by atoms with van der Waals surface area (Å²) in [7, 11) is 0. The van der Waals surface area contributed by atoms with Crippen LogP contribution >= 0.6 is 34.0 Å². The minimum absolute atomic E-state index is 0.00357. The molecule has 0 saturated carbocycles. The molecular formula is C120H104B2S3. The first-order chi connectivity index (χ1) is 60.2. The predicted octanol–water partition coefficient (Wildman–Crippen LogP) is 26.0. The molecule has 608 valence electrons. The summed E-state index contributed by atoms with van der Waals surface area (Å²) in [5.74, 6) is 31.4. The van der Waals surface area contributed by atoms with E-state index in [0.717, 1.165) is 134 Å². The van der Waals surface area contributed by atoms with Gasteiger partial charge in [-0.05, 0) is 259 Å². The molecule has 0 bridgehead atoms. The third kappa shape index (κ3) is 18.7. The van der Waals surface area contributed by atoms with Crippen LogP contribution < -0.4 is 31.4 Å². The van der Waals surface area contributed by atoms with Crippen LogP contribution in [0.15, 0.2) is 295 Å². The van der Waals surface area contributed by atoms with E-state index in [2.05, 4.69) is 452 Å². The largest absolute Gasteiger partial charge is 0.255 e. The van der Waals surface area contributed by atoms with Gasteiger partial charge in [0.15, 0.2) is 0 Å². The van der Waals surface area contributed by atoms with Crippen molar-refractivity contribution in [3.8, 4) is 66.9 Å². The highest BCUT2D eigenvalue weighted by atomic mass is 32.1. The van der Waals surface area contributed by atoms with Crippen LogP contribution in [0, 0.1) is 179 Å². The van der Waals surface area contributed by atoms with Crippen LogP contribution in [-0.4, -0.2) is 13.4 Å². The maximum absolute atomic E-state index is 4.09. The van der Waals surface area contributed by atoms with Crippen molar-refractivity contribution in [1.29, 1.82) is 0 Å². The molecule has 0 radical (unpaired) electrons. The first-order valence-electron chi connectivity index (χ1n) is 43.5. The van der Waals surface area contributed by atoms with Gasteiger partial charge in [-0.15, -0.1) is 34.0 Å². The number of allylic oxidation sites excluding steroid dienone is 8. The minimum Gasteiger partial charge on any atom is -0.148 e. The van der Waals surface area contributed by atoms with E-state index in [1.807, 2.05) is 34.0 Å². The molecule has 0 atom stereocenters. The third-order valence-electron chi connectivity index (χ3n) is 24.7. The van der Waals surface area contributed by atoms with Crippen molar-refractivity contribution < 1.29 is 0 Å². The van der Waals surface area contributed by atoms with Crippen molar-refractivity contribution in [2.45, 2.75) is 138 Å². The molecule has 12 aromatic carbocycles. The Morgan fingerprint density at radius 2 is 0.440 bits per heavy atom. The smallest absolute Gasteiger partial charge is 0.148 e. The normalized spacial score (nSPS) is 13.2. The monoisotopic (exact) mass is 1660 g/mol. The van der Waals surface area contributed by atoms with Crippen molar-refractivity contribution in [2.75, 3.05) is 0 Å². The van der Waals surface area contributed by atoms with Gasteiger partial charge < -0.3 is 0 Å². The first kappa shape index (κ1) is 85.6. The van der Waals surface area contributed by atoms with Crippen molar-refractivity contribution in [2.24, 2.45) is 0 Å². The second-order valence-electron chi connectivity index (χ2n) is 34.8. The quantitative estimate of drug-likeness (QED) is 0.0752. The lowest BCUT2D eigenvalue weighted by Crippen LogP contribution is -2.55. The number of rotatable bonds is 14. The second-order valence-corrected chi connectivity index (χ2v) is 38.1. The van der Waals surface area contributed by atoms with Gasteiger partial charge in [0, 0.05) is 86.3 Å². The molecule has 0 aliphatic heterocycles. The predicted molar refractivity (Wildman–Crippen MR) is 546 cm³/mol. The Labute approximate surface area is 756 Å². The molecule has 0 fully saturated rings. The third-order valence-corrected chi connectivity index (χ3v) is 28.4. The fourth-order valence-electron chi connectivity index (χ4n) is 18.5. The molecule has 0 amide bonds. The molecule has 0 unspecified atom stereocenters. The molecule has 3 aromatic heterocycles. The molecule has 0 N–H and O–H groups in total. The van der Waals surface area contributed by atoms with E-state index in [0.29, 0.717) is 0 Å². The Balaban J connectivity index is 0.851. The van der Waals surface area contributed by atoms with Crippen LogP contribution in [0.3, 0.4) is 0 Å². The van der Waals surface area contributed by atoms with Crippen molar-refractivity contribution >= 4 is 101 Å². The highest BCUT2D eigenvalue weighted by Gasteiger charge is 2.35. The number of thiophene rings is 3. The van der Waals surface area contributed by atoms with Crippen LogP contribution in [0.2, 0.25) is 0 Å². The lowest BCUT2D eigenvalue weighted by Gasteiger charge is -2.27. The number of hydrogen-bond acceptors (Lipinski definition) is 3. The van der Waals surface area contributed by atoms with Crippen LogP contribution in [0.4, 0.5) is 0 Å². The lowest BCUT2D eigenvalue weighted by atomic mass is 9.36. The molecule has 3 heterocycles. The molecule has 5 heteroatoms. The van der Waals surface area contributed by atoms with Gasteiger partial charge in [0.1, 0.15) is 0 Å². The highest BCUT2D eigenvalue weighted by Crippen LogP contribution is 2.49. The maximum Gasteiger partial charge on any atom is 0.255 e. The Morgan fingerprint density at radius 3 is 0.720 bits per heavy atom. The van der Waals surface area contributed by atoms with Crippen LogP contribution in [0.1, 0.15) is 161 Å². The summed E-state index contributed by atoms with van der Waals surface area (Å²) in [4.78, 5) is 5.19. The van der Waals surface area contributed by atoms with Gasteiger partial charge >= 0.3 is 0 Å². The van der Waals surface area contributed by atoms with E-state index >= 15 is 0 Å². The standard InChI is InChI=1S/C120H104B2S3/c1-74-20-34-93(35-21-74)44-56-102-113(98-48-26-77(4)27-49-98)103(57-45-94-36-22-75(2)23-37-94)115(100-52-30-79(6)31-53-100)105(116(101-54-32-80(7)33-55-101)104(58-46-95-38-24-76(3)25-39-95)114(102)99-50-28-78(5)29-51-99)59-47-96-40-42-97(43-41-96)73-106-84(11)72-91(18)120(92(106)19)122(119-89(16)70-83(10)71-90(119)17)112-65-63-110(125-112)108-61-60-107(123-108)109-62-64-111(124-109)121(117-85(12)66-81(8)67-86(117)13)118-87(14)68-82(9)69-88(118)15/h20-43,48-55,60-72H,73H2,1-19H3/b113-102?,113-103?,114-102?,114-104?,115-103-,115-105?,116-104?,116-105-. The molecule has 0 nitrogen and oxygen atoms in total. The van der Waals surface area contributed by atoms with E-state index in [1.54, 1.807) is 0 Å². The van der Waals surface area contributed by atoms with Gasteiger partial charge in [-0.25, -0.2) is 0 Å². The Hall–Kier alpha value is -12.9. The van der Waals surface area contributed by atoms with E-state index in [4.69, 9.17) is 0 Å². The summed E-state index contributed by atoms with van der Waals surface area (Å²) in [6, 6.07) is 101. The molecule has 125 heavy (non-hydrogen) atoms. The molecule has 1 aliphatic rings. The van der Waals surface area contributed by atoms with Crippen molar-refractivity contribution in [1.82, 2.24) is 0 Å². The molecule has 15 aromatic rings. The van der Waals surface area contributed by atoms with Gasteiger partial charge in [0.05, 0.1) is 0 Å². The zero-order chi connectivity index (χ0) is 87.6. The highest BCUT2D eigenvalue weighted by molar-refractivity contribution is 7.34. The van der Waals surface area contributed by atoms with Gasteiger partial charge in [0.2, 0.25) is 0 Å². The van der Waals surface area contributed by atoms with Gasteiger partial charge in [-0.1, -0.05) is 370 Å². The summed E-state index contributed by atoms with van der Waals surface area (Å²) >= 11 is 5.82. The van der Waals surface area contributed by atoms with Gasteiger partial charge in [0.25, 0.3) is 13.4 Å². The van der Waals surface area contributed by atoms with Crippen molar-refractivity contribution in [3.63, 3.8) is 0 Å². The summed E-state index contributed by atoms with van der Waals surface area (Å²) in [5, 5.41) is 0. The molecule has 0 saturated heterocycles. The van der Waals surface area contributed by atoms with E-state index in [9.17, 15) is 0 Å². The number of hydrogen-bond donors (Lipinski definition) is 0. The molecule has 1 aliphatic carbocycles. The van der Waals surface area contributed by atoms with Gasteiger partial charge in [-0.2, -0.15) is 0 Å². The van der Waals surface area contributed by atoms with Crippen LogP contribution in [0.25, 0.3) is 41.8 Å². The maximum atomic E-state index is 4.09. The molecule has 0 spiro atoms. The number of aryl methyl sites for hydroxylation is 18. The van der Waals surface area contributed by atoms with E-state index in [1.165, 1.54) is 129 Å².